The monoisotopic (exact) mass is 329 g/mol. The van der Waals surface area contributed by atoms with Gasteiger partial charge < -0.3 is 20.1 Å². The molecule has 2 aromatic rings. The Morgan fingerprint density at radius 1 is 1.00 bits per heavy atom. The average Bonchev–Trinajstić information content (AvgIpc) is 2.64. The minimum atomic E-state index is -0.383. The van der Waals surface area contributed by atoms with Crippen molar-refractivity contribution >= 4 is 11.8 Å². The van der Waals surface area contributed by atoms with Gasteiger partial charge in [0.15, 0.2) is 0 Å². The van der Waals surface area contributed by atoms with Crippen LogP contribution < -0.4 is 20.1 Å². The van der Waals surface area contributed by atoms with Gasteiger partial charge in [0.1, 0.15) is 11.5 Å². The smallest absolute Gasteiger partial charge is 0.251 e. The lowest BCUT2D eigenvalue weighted by Crippen LogP contribution is -2.36. The summed E-state index contributed by atoms with van der Waals surface area (Å²) in [6.45, 7) is 0.258. The van der Waals surface area contributed by atoms with Crippen molar-refractivity contribution in [3.63, 3.8) is 0 Å². The molecule has 7 nitrogen and oxygen atoms in total. The van der Waals surface area contributed by atoms with E-state index in [1.165, 1.54) is 14.2 Å². The summed E-state index contributed by atoms with van der Waals surface area (Å²) in [5.41, 5.74) is 1.29. The van der Waals surface area contributed by atoms with Gasteiger partial charge in [-0.15, -0.1) is 0 Å². The second-order valence-corrected chi connectivity index (χ2v) is 4.92. The van der Waals surface area contributed by atoms with E-state index in [1.807, 2.05) is 0 Å². The van der Waals surface area contributed by atoms with E-state index in [0.717, 1.165) is 5.56 Å². The Morgan fingerprint density at radius 2 is 1.62 bits per heavy atom. The van der Waals surface area contributed by atoms with Crippen LogP contribution in [0.5, 0.6) is 11.5 Å². The first-order chi connectivity index (χ1) is 11.6. The first-order valence-corrected chi connectivity index (χ1v) is 7.29. The largest absolute Gasteiger partial charge is 0.497 e. The maximum absolute atomic E-state index is 12.1. The minimum absolute atomic E-state index is 0.122. The number of nitrogens with zero attached hydrogens (tertiary/aromatic N) is 1. The van der Waals surface area contributed by atoms with E-state index < -0.39 is 0 Å². The number of nitrogens with one attached hydrogen (secondary N) is 2. The zero-order valence-corrected chi connectivity index (χ0v) is 13.5. The molecule has 2 amide bonds. The lowest BCUT2D eigenvalue weighted by molar-refractivity contribution is -0.120. The Hall–Kier alpha value is -3.09. The fourth-order valence-electron chi connectivity index (χ4n) is 1.96. The molecule has 0 unspecified atom stereocenters. The van der Waals surface area contributed by atoms with E-state index in [0.29, 0.717) is 23.6 Å². The van der Waals surface area contributed by atoms with Gasteiger partial charge in [-0.05, 0) is 29.8 Å². The molecule has 2 rings (SSSR count). The van der Waals surface area contributed by atoms with Crippen LogP contribution in [0.1, 0.15) is 15.9 Å². The maximum Gasteiger partial charge on any atom is 0.251 e. The van der Waals surface area contributed by atoms with Gasteiger partial charge in [0.2, 0.25) is 5.91 Å². The molecule has 0 fully saturated rings. The van der Waals surface area contributed by atoms with Crippen LogP contribution in [0, 0.1) is 0 Å². The van der Waals surface area contributed by atoms with Crippen LogP contribution in [-0.4, -0.2) is 37.6 Å². The van der Waals surface area contributed by atoms with Crippen LogP contribution in [0.25, 0.3) is 0 Å². The van der Waals surface area contributed by atoms with E-state index >= 15 is 0 Å². The Labute approximate surface area is 140 Å². The van der Waals surface area contributed by atoms with Crippen LogP contribution in [-0.2, 0) is 11.3 Å². The van der Waals surface area contributed by atoms with Gasteiger partial charge in [-0.1, -0.05) is 0 Å². The summed E-state index contributed by atoms with van der Waals surface area (Å²) < 4.78 is 10.2. The van der Waals surface area contributed by atoms with Gasteiger partial charge >= 0.3 is 0 Å². The van der Waals surface area contributed by atoms with Gasteiger partial charge in [-0.25, -0.2) is 0 Å². The molecule has 0 saturated heterocycles. The Balaban J connectivity index is 1.87. The summed E-state index contributed by atoms with van der Waals surface area (Å²) in [4.78, 5) is 27.9. The van der Waals surface area contributed by atoms with Gasteiger partial charge in [-0.2, -0.15) is 0 Å². The summed E-state index contributed by atoms with van der Waals surface area (Å²) >= 11 is 0. The number of rotatable bonds is 7. The van der Waals surface area contributed by atoms with Crippen molar-refractivity contribution in [3.05, 3.63) is 53.9 Å². The summed E-state index contributed by atoms with van der Waals surface area (Å²) in [6, 6.07) is 8.43. The quantitative estimate of drug-likeness (QED) is 0.795. The van der Waals surface area contributed by atoms with Crippen molar-refractivity contribution in [2.24, 2.45) is 0 Å². The first-order valence-electron chi connectivity index (χ1n) is 7.29. The molecule has 2 N–H and O–H groups in total. The number of benzene rings is 1. The van der Waals surface area contributed by atoms with Crippen LogP contribution in [0.3, 0.4) is 0 Å². The normalized spacial score (nSPS) is 9.92. The SMILES string of the molecule is COc1cc(OC)cc(C(=O)NCC(=O)NCc2ccncc2)c1. The molecule has 0 radical (unpaired) electrons. The molecule has 1 heterocycles. The molecule has 0 aliphatic heterocycles. The van der Waals surface area contributed by atoms with Gasteiger partial charge in [0.25, 0.3) is 5.91 Å². The van der Waals surface area contributed by atoms with E-state index in [2.05, 4.69) is 15.6 Å². The van der Waals surface area contributed by atoms with Crippen LogP contribution in [0.15, 0.2) is 42.7 Å². The molecule has 1 aromatic carbocycles. The lowest BCUT2D eigenvalue weighted by Gasteiger charge is -2.09. The second kappa shape index (κ2) is 8.52. The van der Waals surface area contributed by atoms with Gasteiger partial charge in [-0.3, -0.25) is 14.6 Å². The summed E-state index contributed by atoms with van der Waals surface area (Å²) in [5.74, 6) is 0.338. The van der Waals surface area contributed by atoms with E-state index in [9.17, 15) is 9.59 Å². The topological polar surface area (TPSA) is 89.5 Å². The molecule has 0 aliphatic carbocycles. The van der Waals surface area contributed by atoms with Crippen LogP contribution >= 0.6 is 0 Å². The van der Waals surface area contributed by atoms with Crippen molar-refractivity contribution < 1.29 is 19.1 Å². The van der Waals surface area contributed by atoms with E-state index in [4.69, 9.17) is 9.47 Å². The third-order valence-corrected chi connectivity index (χ3v) is 3.26. The summed E-state index contributed by atoms with van der Waals surface area (Å²) in [7, 11) is 3.01. The Morgan fingerprint density at radius 3 is 2.21 bits per heavy atom. The number of aromatic nitrogens is 1. The first kappa shape index (κ1) is 17.3. The molecule has 24 heavy (non-hydrogen) atoms. The predicted molar refractivity (Wildman–Crippen MR) is 88.0 cm³/mol. The number of amides is 2. The molecule has 7 heteroatoms. The van der Waals surface area contributed by atoms with Crippen molar-refractivity contribution in [1.29, 1.82) is 0 Å². The highest BCUT2D eigenvalue weighted by atomic mass is 16.5. The third-order valence-electron chi connectivity index (χ3n) is 3.26. The molecule has 0 aliphatic rings. The fourth-order valence-corrected chi connectivity index (χ4v) is 1.96. The maximum atomic E-state index is 12.1. The fraction of sp³-hybridized carbons (Fsp3) is 0.235. The molecular weight excluding hydrogens is 310 g/mol. The number of hydrogen-bond donors (Lipinski definition) is 2. The van der Waals surface area contributed by atoms with E-state index in [-0.39, 0.29) is 18.4 Å². The molecule has 0 atom stereocenters. The molecular formula is C17H19N3O4. The standard InChI is InChI=1S/C17H19N3O4/c1-23-14-7-13(8-15(9-14)24-2)17(22)20-11-16(21)19-10-12-3-5-18-6-4-12/h3-9H,10-11H2,1-2H3,(H,19,21)(H,20,22). The van der Waals surface area contributed by atoms with Gasteiger partial charge in [0, 0.05) is 30.6 Å². The minimum Gasteiger partial charge on any atom is -0.497 e. The highest BCUT2D eigenvalue weighted by Crippen LogP contribution is 2.22. The number of carbonyl (C=O) groups is 2. The predicted octanol–water partition coefficient (Wildman–Crippen LogP) is 1.14. The third kappa shape index (κ3) is 4.98. The van der Waals surface area contributed by atoms with E-state index in [1.54, 1.807) is 42.7 Å². The molecule has 0 spiro atoms. The van der Waals surface area contributed by atoms with Crippen molar-refractivity contribution in [1.82, 2.24) is 15.6 Å². The number of carbonyl (C=O) groups excluding carboxylic acids is 2. The molecule has 0 bridgehead atoms. The average molecular weight is 329 g/mol. The van der Waals surface area contributed by atoms with Crippen molar-refractivity contribution in [3.8, 4) is 11.5 Å². The highest BCUT2D eigenvalue weighted by molar-refractivity contribution is 5.97. The summed E-state index contributed by atoms with van der Waals surface area (Å²) in [6.07, 6.45) is 3.30. The van der Waals surface area contributed by atoms with Crippen LogP contribution in [0.2, 0.25) is 0 Å². The van der Waals surface area contributed by atoms with Crippen molar-refractivity contribution in [2.75, 3.05) is 20.8 Å². The second-order valence-electron chi connectivity index (χ2n) is 4.92. The molecule has 1 aromatic heterocycles. The molecule has 0 saturated carbocycles. The Kier molecular flexibility index (Phi) is 6.13. The number of pyridine rings is 1. The zero-order valence-electron chi connectivity index (χ0n) is 13.5. The highest BCUT2D eigenvalue weighted by Gasteiger charge is 2.11. The Bertz CT molecular complexity index is 682. The number of ether oxygens (including phenoxy) is 2. The van der Waals surface area contributed by atoms with Crippen LogP contribution in [0.4, 0.5) is 0 Å². The molecule has 126 valence electrons. The summed E-state index contributed by atoms with van der Waals surface area (Å²) in [5, 5.41) is 5.28. The number of hydrogen-bond acceptors (Lipinski definition) is 5. The zero-order chi connectivity index (χ0) is 17.4. The van der Waals surface area contributed by atoms with Gasteiger partial charge in [0.05, 0.1) is 20.8 Å². The number of methoxy groups -OCH3 is 2. The van der Waals surface area contributed by atoms with Crippen molar-refractivity contribution in [2.45, 2.75) is 6.54 Å². The lowest BCUT2D eigenvalue weighted by atomic mass is 10.2.